The fraction of sp³-hybridized carbons (Fsp3) is 0.211. The molecule has 1 aromatic heterocycles. The Balaban J connectivity index is 1.44. The summed E-state index contributed by atoms with van der Waals surface area (Å²) in [7, 11) is 0. The van der Waals surface area contributed by atoms with Crippen molar-refractivity contribution in [2.24, 2.45) is 0 Å². The number of nitrogens with two attached hydrogens (primary N) is 1. The van der Waals surface area contributed by atoms with Gasteiger partial charge in [0.05, 0.1) is 16.2 Å². The number of rotatable bonds is 3. The molecule has 1 atom stereocenters. The van der Waals surface area contributed by atoms with Gasteiger partial charge in [-0.1, -0.05) is 29.8 Å². The standard InChI is InChI=1S/C19H18ClN5O/c20-15-9-12(5-6-16(15)21)18(26)25-8-7-14(11-25)23-19-22-10-13-3-1-2-4-17(13)24-19/h1-6,9-10,14H,7-8,11,21H2,(H,22,23,24)/t14-/m1/s1. The fourth-order valence-electron chi connectivity index (χ4n) is 3.13. The summed E-state index contributed by atoms with van der Waals surface area (Å²) in [6, 6.07) is 12.9. The lowest BCUT2D eigenvalue weighted by Crippen LogP contribution is -2.31. The highest BCUT2D eigenvalue weighted by Gasteiger charge is 2.27. The summed E-state index contributed by atoms with van der Waals surface area (Å²) in [6.45, 7) is 1.27. The minimum absolute atomic E-state index is 0.0457. The zero-order chi connectivity index (χ0) is 18.1. The molecular weight excluding hydrogens is 350 g/mol. The van der Waals surface area contributed by atoms with E-state index in [0.717, 1.165) is 17.3 Å². The molecule has 1 fully saturated rings. The van der Waals surface area contributed by atoms with Crippen molar-refractivity contribution in [1.29, 1.82) is 0 Å². The number of para-hydroxylation sites is 1. The lowest BCUT2D eigenvalue weighted by molar-refractivity contribution is 0.0791. The second-order valence-corrected chi connectivity index (χ2v) is 6.78. The van der Waals surface area contributed by atoms with Gasteiger partial charge in [-0.2, -0.15) is 0 Å². The number of anilines is 2. The molecule has 2 heterocycles. The van der Waals surface area contributed by atoms with Crippen LogP contribution >= 0.6 is 11.6 Å². The first-order valence-electron chi connectivity index (χ1n) is 8.43. The van der Waals surface area contributed by atoms with Gasteiger partial charge in [0.1, 0.15) is 0 Å². The molecule has 0 bridgehead atoms. The van der Waals surface area contributed by atoms with Gasteiger partial charge in [-0.05, 0) is 30.7 Å². The van der Waals surface area contributed by atoms with E-state index < -0.39 is 0 Å². The van der Waals surface area contributed by atoms with Crippen molar-refractivity contribution in [3.63, 3.8) is 0 Å². The molecule has 6 nitrogen and oxygen atoms in total. The summed E-state index contributed by atoms with van der Waals surface area (Å²) in [6.07, 6.45) is 2.64. The zero-order valence-corrected chi connectivity index (χ0v) is 14.8. The van der Waals surface area contributed by atoms with Crippen molar-refractivity contribution in [3.05, 3.63) is 59.2 Å². The van der Waals surface area contributed by atoms with E-state index in [1.165, 1.54) is 0 Å². The first-order chi connectivity index (χ1) is 12.6. The van der Waals surface area contributed by atoms with E-state index in [1.54, 1.807) is 29.3 Å². The molecule has 1 aliphatic rings. The number of amides is 1. The summed E-state index contributed by atoms with van der Waals surface area (Å²) < 4.78 is 0. The Morgan fingerprint density at radius 1 is 1.27 bits per heavy atom. The maximum atomic E-state index is 12.7. The van der Waals surface area contributed by atoms with Crippen LogP contribution in [0.4, 0.5) is 11.6 Å². The summed E-state index contributed by atoms with van der Waals surface area (Å²) in [5.41, 5.74) is 7.62. The molecule has 0 saturated carbocycles. The Bertz CT molecular complexity index is 977. The topological polar surface area (TPSA) is 84.1 Å². The molecule has 2 aromatic carbocycles. The van der Waals surface area contributed by atoms with Crippen molar-refractivity contribution in [2.75, 3.05) is 24.1 Å². The number of likely N-dealkylation sites (tertiary alicyclic amines) is 1. The van der Waals surface area contributed by atoms with E-state index in [1.807, 2.05) is 24.3 Å². The molecule has 7 heteroatoms. The first-order valence-corrected chi connectivity index (χ1v) is 8.80. The third kappa shape index (κ3) is 3.28. The molecule has 0 spiro atoms. The average Bonchev–Trinajstić information content (AvgIpc) is 3.12. The van der Waals surface area contributed by atoms with Crippen LogP contribution in [0.2, 0.25) is 5.02 Å². The largest absolute Gasteiger partial charge is 0.398 e. The van der Waals surface area contributed by atoms with E-state index in [2.05, 4.69) is 15.3 Å². The number of nitrogen functional groups attached to an aromatic ring is 1. The Hall–Kier alpha value is -2.86. The number of halogens is 1. The van der Waals surface area contributed by atoms with Gasteiger partial charge in [0, 0.05) is 36.3 Å². The monoisotopic (exact) mass is 367 g/mol. The third-order valence-corrected chi connectivity index (χ3v) is 4.87. The number of carbonyl (C=O) groups is 1. The number of fused-ring (bicyclic) bond motifs is 1. The van der Waals surface area contributed by atoms with Gasteiger partial charge in [-0.3, -0.25) is 4.79 Å². The van der Waals surface area contributed by atoms with Crippen LogP contribution in [0, 0.1) is 0 Å². The second kappa shape index (κ2) is 6.80. The highest BCUT2D eigenvalue weighted by molar-refractivity contribution is 6.33. The average molecular weight is 368 g/mol. The van der Waals surface area contributed by atoms with Gasteiger partial charge >= 0.3 is 0 Å². The number of nitrogens with one attached hydrogen (secondary N) is 1. The summed E-state index contributed by atoms with van der Waals surface area (Å²) >= 11 is 6.02. The molecule has 3 aromatic rings. The normalized spacial score (nSPS) is 16.8. The molecule has 1 aliphatic heterocycles. The lowest BCUT2D eigenvalue weighted by Gasteiger charge is -2.17. The quantitative estimate of drug-likeness (QED) is 0.694. The van der Waals surface area contributed by atoms with Crippen LogP contribution in [0.3, 0.4) is 0 Å². The van der Waals surface area contributed by atoms with Gasteiger partial charge in [0.25, 0.3) is 5.91 Å². The molecule has 3 N–H and O–H groups in total. The summed E-state index contributed by atoms with van der Waals surface area (Å²) in [4.78, 5) is 23.4. The summed E-state index contributed by atoms with van der Waals surface area (Å²) in [5.74, 6) is 0.536. The van der Waals surface area contributed by atoms with Gasteiger partial charge in [-0.25, -0.2) is 9.97 Å². The molecule has 0 radical (unpaired) electrons. The van der Waals surface area contributed by atoms with Crippen molar-refractivity contribution in [3.8, 4) is 0 Å². The highest BCUT2D eigenvalue weighted by Crippen LogP contribution is 2.23. The fourth-order valence-corrected chi connectivity index (χ4v) is 3.31. The number of aromatic nitrogens is 2. The lowest BCUT2D eigenvalue weighted by atomic mass is 10.2. The van der Waals surface area contributed by atoms with Crippen LogP contribution in [0.25, 0.3) is 10.9 Å². The molecule has 1 amide bonds. The van der Waals surface area contributed by atoms with Crippen molar-refractivity contribution >= 4 is 40.0 Å². The van der Waals surface area contributed by atoms with E-state index >= 15 is 0 Å². The summed E-state index contributed by atoms with van der Waals surface area (Å²) in [5, 5.41) is 4.73. The third-order valence-electron chi connectivity index (χ3n) is 4.55. The number of hydrogen-bond donors (Lipinski definition) is 2. The predicted molar refractivity (Wildman–Crippen MR) is 103 cm³/mol. The van der Waals surface area contributed by atoms with Crippen LogP contribution in [-0.2, 0) is 0 Å². The first kappa shape index (κ1) is 16.6. The van der Waals surface area contributed by atoms with E-state index in [9.17, 15) is 4.79 Å². The maximum Gasteiger partial charge on any atom is 0.253 e. The number of hydrogen-bond acceptors (Lipinski definition) is 5. The van der Waals surface area contributed by atoms with Crippen LogP contribution in [0.15, 0.2) is 48.7 Å². The van der Waals surface area contributed by atoms with Gasteiger partial charge < -0.3 is 16.0 Å². The van der Waals surface area contributed by atoms with Gasteiger partial charge in [-0.15, -0.1) is 0 Å². The predicted octanol–water partition coefficient (Wildman–Crippen LogP) is 3.19. The number of nitrogens with zero attached hydrogens (tertiary/aromatic N) is 3. The Morgan fingerprint density at radius 2 is 2.12 bits per heavy atom. The van der Waals surface area contributed by atoms with Crippen molar-refractivity contribution in [2.45, 2.75) is 12.5 Å². The zero-order valence-electron chi connectivity index (χ0n) is 14.0. The van der Waals surface area contributed by atoms with Crippen LogP contribution in [-0.4, -0.2) is 39.9 Å². The van der Waals surface area contributed by atoms with Crippen LogP contribution in [0.5, 0.6) is 0 Å². The van der Waals surface area contributed by atoms with Crippen molar-refractivity contribution < 1.29 is 4.79 Å². The smallest absolute Gasteiger partial charge is 0.253 e. The van der Waals surface area contributed by atoms with E-state index in [4.69, 9.17) is 17.3 Å². The molecule has 1 saturated heterocycles. The number of benzene rings is 2. The Morgan fingerprint density at radius 3 is 2.96 bits per heavy atom. The van der Waals surface area contributed by atoms with Crippen LogP contribution in [0.1, 0.15) is 16.8 Å². The molecule has 4 rings (SSSR count). The van der Waals surface area contributed by atoms with E-state index in [-0.39, 0.29) is 11.9 Å². The molecule has 132 valence electrons. The minimum Gasteiger partial charge on any atom is -0.398 e. The number of carbonyl (C=O) groups excluding carboxylic acids is 1. The molecule has 0 aliphatic carbocycles. The van der Waals surface area contributed by atoms with E-state index in [0.29, 0.717) is 35.3 Å². The Kier molecular flexibility index (Phi) is 4.34. The molecular formula is C19H18ClN5O. The van der Waals surface area contributed by atoms with Gasteiger partial charge in [0.2, 0.25) is 5.95 Å². The molecule has 26 heavy (non-hydrogen) atoms. The van der Waals surface area contributed by atoms with Crippen molar-refractivity contribution in [1.82, 2.24) is 14.9 Å². The van der Waals surface area contributed by atoms with Gasteiger partial charge in [0.15, 0.2) is 0 Å². The SMILES string of the molecule is Nc1ccc(C(=O)N2CC[C@@H](Nc3ncc4ccccc4n3)C2)cc1Cl. The minimum atomic E-state index is -0.0457. The Labute approximate surface area is 156 Å². The molecule has 0 unspecified atom stereocenters. The second-order valence-electron chi connectivity index (χ2n) is 6.37. The highest BCUT2D eigenvalue weighted by atomic mass is 35.5. The van der Waals surface area contributed by atoms with Crippen LogP contribution < -0.4 is 11.1 Å². The maximum absolute atomic E-state index is 12.7.